The Kier molecular flexibility index (Phi) is 6.22. The zero-order valence-electron chi connectivity index (χ0n) is 15.4. The molecule has 2 N–H and O–H groups in total. The van der Waals surface area contributed by atoms with E-state index in [2.05, 4.69) is 15.8 Å². The van der Waals surface area contributed by atoms with Gasteiger partial charge in [0, 0.05) is 12.6 Å². The third kappa shape index (κ3) is 5.18. The van der Waals surface area contributed by atoms with Crippen molar-refractivity contribution < 1.29 is 14.1 Å². The first-order valence-corrected chi connectivity index (χ1v) is 8.81. The minimum atomic E-state index is -0.485. The van der Waals surface area contributed by atoms with Crippen LogP contribution in [0.1, 0.15) is 22.9 Å². The lowest BCUT2D eigenvalue weighted by molar-refractivity contribution is -0.118. The summed E-state index contributed by atoms with van der Waals surface area (Å²) in [4.78, 5) is 12.8. The highest BCUT2D eigenvalue weighted by Crippen LogP contribution is 2.17. The molecule has 0 spiro atoms. The monoisotopic (exact) mass is 365 g/mol. The summed E-state index contributed by atoms with van der Waals surface area (Å²) in [6.07, 6.45) is 0.795. The van der Waals surface area contributed by atoms with Crippen LogP contribution >= 0.6 is 0 Å². The van der Waals surface area contributed by atoms with Crippen LogP contribution in [0.3, 0.4) is 0 Å². The molecule has 0 radical (unpaired) electrons. The Morgan fingerprint density at radius 1 is 1.15 bits per heavy atom. The average Bonchev–Trinajstić information content (AvgIpc) is 3.11. The molecule has 1 aromatic heterocycles. The van der Waals surface area contributed by atoms with E-state index in [1.165, 1.54) is 5.56 Å². The van der Waals surface area contributed by atoms with Crippen molar-refractivity contribution in [1.82, 2.24) is 10.5 Å². The molecule has 2 aromatic carbocycles. The summed E-state index contributed by atoms with van der Waals surface area (Å²) >= 11 is 0. The number of carbonyl (C=O) groups is 1. The Balaban J connectivity index is 1.65. The fourth-order valence-electron chi connectivity index (χ4n) is 2.78. The van der Waals surface area contributed by atoms with Crippen LogP contribution in [0.15, 0.2) is 65.2 Å². The zero-order valence-corrected chi connectivity index (χ0v) is 15.4. The van der Waals surface area contributed by atoms with Crippen molar-refractivity contribution >= 4 is 11.7 Å². The normalized spacial score (nSPS) is 11.8. The second kappa shape index (κ2) is 9.00. The first-order chi connectivity index (χ1) is 13.2. The van der Waals surface area contributed by atoms with Crippen molar-refractivity contribution in [2.75, 3.05) is 19.0 Å². The van der Waals surface area contributed by atoms with Crippen molar-refractivity contribution in [3.8, 4) is 5.75 Å². The van der Waals surface area contributed by atoms with E-state index in [0.717, 1.165) is 17.7 Å². The number of hydrogen-bond acceptors (Lipinski definition) is 5. The maximum absolute atomic E-state index is 12.8. The summed E-state index contributed by atoms with van der Waals surface area (Å²) in [6.45, 7) is 2.43. The van der Waals surface area contributed by atoms with Crippen molar-refractivity contribution in [1.29, 1.82) is 0 Å². The van der Waals surface area contributed by atoms with E-state index in [1.54, 1.807) is 20.1 Å². The molecule has 140 valence electrons. The van der Waals surface area contributed by atoms with Gasteiger partial charge in [-0.15, -0.1) is 0 Å². The number of benzene rings is 2. The molecule has 27 heavy (non-hydrogen) atoms. The maximum Gasteiger partial charge on any atom is 0.247 e. The van der Waals surface area contributed by atoms with Gasteiger partial charge in [0.15, 0.2) is 5.82 Å². The first-order valence-electron chi connectivity index (χ1n) is 8.81. The standard InChI is InChI=1S/C21H23N3O3/c1-15-14-19(24-27-15)23-21(25)20(17-6-4-3-5-7-17)22-13-12-16-8-10-18(26-2)11-9-16/h3-11,14,20,22H,12-13H2,1-2H3,(H,23,24,25)/t20-/m1/s1. The van der Waals surface area contributed by atoms with Crippen molar-refractivity contribution in [2.45, 2.75) is 19.4 Å². The van der Waals surface area contributed by atoms with E-state index in [4.69, 9.17) is 9.26 Å². The molecule has 6 heteroatoms. The van der Waals surface area contributed by atoms with E-state index < -0.39 is 6.04 Å². The SMILES string of the molecule is COc1ccc(CCN[C@@H](C(=O)Nc2cc(C)on2)c2ccccc2)cc1. The van der Waals surface area contributed by atoms with Gasteiger partial charge in [0.2, 0.25) is 5.91 Å². The highest BCUT2D eigenvalue weighted by Gasteiger charge is 2.21. The van der Waals surface area contributed by atoms with Crippen LogP contribution in [0.5, 0.6) is 5.75 Å². The molecule has 1 atom stereocenters. The third-order valence-corrected chi connectivity index (χ3v) is 4.20. The van der Waals surface area contributed by atoms with E-state index in [1.807, 2.05) is 54.6 Å². The van der Waals surface area contributed by atoms with Gasteiger partial charge in [-0.3, -0.25) is 4.79 Å². The Bertz CT molecular complexity index is 860. The van der Waals surface area contributed by atoms with Crippen LogP contribution in [-0.4, -0.2) is 24.7 Å². The van der Waals surface area contributed by atoms with Gasteiger partial charge >= 0.3 is 0 Å². The summed E-state index contributed by atoms with van der Waals surface area (Å²) in [5.41, 5.74) is 2.06. The first kappa shape index (κ1) is 18.7. The van der Waals surface area contributed by atoms with Crippen LogP contribution in [0.25, 0.3) is 0 Å². The molecule has 0 aliphatic rings. The number of hydrogen-bond donors (Lipinski definition) is 2. The zero-order chi connectivity index (χ0) is 19.1. The van der Waals surface area contributed by atoms with Gasteiger partial charge in [-0.05, 0) is 36.6 Å². The molecule has 0 aliphatic heterocycles. The molecule has 1 amide bonds. The molecule has 0 fully saturated rings. The smallest absolute Gasteiger partial charge is 0.247 e. The summed E-state index contributed by atoms with van der Waals surface area (Å²) in [6, 6.07) is 18.7. The molecule has 1 heterocycles. The molecule has 0 saturated heterocycles. The van der Waals surface area contributed by atoms with Crippen molar-refractivity contribution in [3.63, 3.8) is 0 Å². The van der Waals surface area contributed by atoms with E-state index in [0.29, 0.717) is 18.1 Å². The molecule has 6 nitrogen and oxygen atoms in total. The second-order valence-corrected chi connectivity index (χ2v) is 6.21. The highest BCUT2D eigenvalue weighted by molar-refractivity contribution is 5.94. The predicted molar refractivity (Wildman–Crippen MR) is 104 cm³/mol. The Morgan fingerprint density at radius 2 is 1.89 bits per heavy atom. The molecule has 0 unspecified atom stereocenters. The fourth-order valence-corrected chi connectivity index (χ4v) is 2.78. The maximum atomic E-state index is 12.8. The molecular formula is C21H23N3O3. The van der Waals surface area contributed by atoms with E-state index >= 15 is 0 Å². The number of carbonyl (C=O) groups excluding carboxylic acids is 1. The van der Waals surface area contributed by atoms with Gasteiger partial charge in [-0.25, -0.2) is 0 Å². The quantitative estimate of drug-likeness (QED) is 0.639. The van der Waals surface area contributed by atoms with Crippen LogP contribution in [0, 0.1) is 6.92 Å². The summed E-state index contributed by atoms with van der Waals surface area (Å²) in [7, 11) is 1.65. The summed E-state index contributed by atoms with van der Waals surface area (Å²) in [5, 5.41) is 9.97. The largest absolute Gasteiger partial charge is 0.497 e. The number of nitrogens with one attached hydrogen (secondary N) is 2. The molecule has 0 bridgehead atoms. The predicted octanol–water partition coefficient (Wildman–Crippen LogP) is 3.50. The van der Waals surface area contributed by atoms with E-state index in [-0.39, 0.29) is 5.91 Å². The number of methoxy groups -OCH3 is 1. The Labute approximate surface area is 158 Å². The number of aromatic nitrogens is 1. The number of amides is 1. The lowest BCUT2D eigenvalue weighted by atomic mass is 10.1. The minimum absolute atomic E-state index is 0.177. The van der Waals surface area contributed by atoms with Crippen LogP contribution in [-0.2, 0) is 11.2 Å². The number of anilines is 1. The van der Waals surface area contributed by atoms with Gasteiger partial charge in [0.05, 0.1) is 7.11 Å². The van der Waals surface area contributed by atoms with Crippen molar-refractivity contribution in [2.24, 2.45) is 0 Å². The molecular weight excluding hydrogens is 342 g/mol. The number of rotatable bonds is 8. The number of aryl methyl sites for hydroxylation is 1. The second-order valence-electron chi connectivity index (χ2n) is 6.21. The van der Waals surface area contributed by atoms with Crippen molar-refractivity contribution in [3.05, 3.63) is 77.6 Å². The summed E-state index contributed by atoms with van der Waals surface area (Å²) < 4.78 is 10.2. The minimum Gasteiger partial charge on any atom is -0.497 e. The van der Waals surface area contributed by atoms with Crippen LogP contribution in [0.2, 0.25) is 0 Å². The van der Waals surface area contributed by atoms with Gasteiger partial charge in [0.25, 0.3) is 0 Å². The van der Waals surface area contributed by atoms with Gasteiger partial charge in [-0.2, -0.15) is 0 Å². The lowest BCUT2D eigenvalue weighted by Gasteiger charge is -2.18. The number of ether oxygens (including phenoxy) is 1. The molecule has 3 rings (SSSR count). The highest BCUT2D eigenvalue weighted by atomic mass is 16.5. The van der Waals surface area contributed by atoms with Crippen LogP contribution in [0.4, 0.5) is 5.82 Å². The molecule has 0 saturated carbocycles. The van der Waals surface area contributed by atoms with Crippen LogP contribution < -0.4 is 15.4 Å². The molecule has 3 aromatic rings. The number of nitrogens with zero attached hydrogens (tertiary/aromatic N) is 1. The van der Waals surface area contributed by atoms with E-state index in [9.17, 15) is 4.79 Å². The Hall–Kier alpha value is -3.12. The Morgan fingerprint density at radius 3 is 2.52 bits per heavy atom. The third-order valence-electron chi connectivity index (χ3n) is 4.20. The molecule has 0 aliphatic carbocycles. The summed E-state index contributed by atoms with van der Waals surface area (Å²) in [5.74, 6) is 1.71. The van der Waals surface area contributed by atoms with Gasteiger partial charge in [-0.1, -0.05) is 47.6 Å². The topological polar surface area (TPSA) is 76.4 Å². The lowest BCUT2D eigenvalue weighted by Crippen LogP contribution is -2.34. The fraction of sp³-hybridized carbons (Fsp3) is 0.238. The van der Waals surface area contributed by atoms with Gasteiger partial charge < -0.3 is 19.9 Å². The average molecular weight is 365 g/mol. The van der Waals surface area contributed by atoms with Gasteiger partial charge in [0.1, 0.15) is 17.6 Å².